The van der Waals surface area contributed by atoms with Crippen molar-refractivity contribution in [2.45, 2.75) is 79.9 Å². The summed E-state index contributed by atoms with van der Waals surface area (Å²) in [6.07, 6.45) is 6.83. The van der Waals surface area contributed by atoms with Crippen molar-refractivity contribution in [1.82, 2.24) is 50.9 Å². The molecule has 4 heterocycles. The van der Waals surface area contributed by atoms with Gasteiger partial charge in [-0.3, -0.25) is 10.1 Å². The van der Waals surface area contributed by atoms with Gasteiger partial charge in [0.25, 0.3) is 5.91 Å². The fourth-order valence-electron chi connectivity index (χ4n) is 7.30. The third kappa shape index (κ3) is 8.36. The summed E-state index contributed by atoms with van der Waals surface area (Å²) in [5.41, 5.74) is 4.10. The fraction of sp³-hybridized carbons (Fsp3) is 0.395. The van der Waals surface area contributed by atoms with E-state index in [9.17, 15) is 26.7 Å². The maximum atomic E-state index is 13.1. The zero-order valence-corrected chi connectivity index (χ0v) is 33.4. The molecular weight excluding hydrogens is 789 g/mol. The maximum Gasteiger partial charge on any atom is 0.290 e. The van der Waals surface area contributed by atoms with Gasteiger partial charge < -0.3 is 19.5 Å². The van der Waals surface area contributed by atoms with Gasteiger partial charge in [-0.15, -0.1) is 10.2 Å². The Hall–Kier alpha value is -5.57. The Labute approximate surface area is 333 Å². The molecule has 2 aliphatic rings. The van der Waals surface area contributed by atoms with Crippen LogP contribution >= 0.6 is 0 Å². The van der Waals surface area contributed by atoms with Crippen LogP contribution in [-0.2, 0) is 26.1 Å². The van der Waals surface area contributed by atoms with Crippen LogP contribution in [0.4, 0.5) is 0 Å². The van der Waals surface area contributed by atoms with Crippen LogP contribution in [0.15, 0.2) is 88.2 Å². The van der Waals surface area contributed by atoms with Crippen molar-refractivity contribution in [3.8, 4) is 22.5 Å². The Bertz CT molecular complexity index is 2630. The van der Waals surface area contributed by atoms with Crippen molar-refractivity contribution in [2.24, 2.45) is 0 Å². The molecular formula is C38H42N10O8S2. The number of hydrogen-bond acceptors (Lipinski definition) is 15. The first-order valence-electron chi connectivity index (χ1n) is 18.7. The summed E-state index contributed by atoms with van der Waals surface area (Å²) in [6, 6.07) is 19.6. The molecule has 304 valence electrons. The number of nitrogens with one attached hydrogen (secondary N) is 2. The molecule has 8 rings (SSSR count). The van der Waals surface area contributed by atoms with E-state index < -0.39 is 36.4 Å². The molecule has 2 aromatic carbocycles. The number of hydrogen-bond donors (Lipinski definition) is 3. The average Bonchev–Trinajstić information content (AvgIpc) is 4.00. The van der Waals surface area contributed by atoms with E-state index in [0.717, 1.165) is 11.1 Å². The second-order valence-corrected chi connectivity index (χ2v) is 19.8. The van der Waals surface area contributed by atoms with E-state index in [-0.39, 0.29) is 48.0 Å². The first kappa shape index (κ1) is 39.3. The lowest BCUT2D eigenvalue weighted by molar-refractivity contribution is 0.0618. The molecule has 58 heavy (non-hydrogen) atoms. The normalized spacial score (nSPS) is 21.1. The molecule has 0 radical (unpaired) electrons. The summed E-state index contributed by atoms with van der Waals surface area (Å²) in [6.45, 7) is 1.61. The SMILES string of the molecule is CC(c1cnnn1C1CC(NC(O)c2cc(-c3cccc(CC(c4cn(C5CC(NC(=O)c6cc(-c7ccccc7)no6)C5)nn4)S(C)(=O)=O)c3)no2)C1)S(C)(=O)=O. The van der Waals surface area contributed by atoms with E-state index in [4.69, 9.17) is 9.05 Å². The second-order valence-electron chi connectivity index (χ2n) is 15.2. The Morgan fingerprint density at radius 1 is 0.862 bits per heavy atom. The van der Waals surface area contributed by atoms with Gasteiger partial charge >= 0.3 is 0 Å². The van der Waals surface area contributed by atoms with Crippen LogP contribution in [0.3, 0.4) is 0 Å². The topological polar surface area (TPSA) is 243 Å². The summed E-state index contributed by atoms with van der Waals surface area (Å²) in [5, 5.41) is 40.0. The van der Waals surface area contributed by atoms with Gasteiger partial charge in [-0.25, -0.2) is 26.2 Å². The standard InChI is InChI=1S/C38H42N10O8S2/c1-22(57(2,51)52)33-20-39-45-48(33)29-16-27(17-29)41-38(50)35-19-31(44-56-35)25-11-7-8-23(12-25)13-36(58(3,53)54)32-21-47(46-42-32)28-14-26(15-28)40-37(49)34-18-30(43-55-34)24-9-5-4-6-10-24/h4-12,18-22,26-29,36,38,41,50H,13-17H2,1-3H3,(H,40,49). The lowest BCUT2D eigenvalue weighted by Gasteiger charge is -2.37. The van der Waals surface area contributed by atoms with Gasteiger partial charge in [0.1, 0.15) is 27.6 Å². The number of carbonyl (C=O) groups is 1. The van der Waals surface area contributed by atoms with E-state index in [1.165, 1.54) is 18.7 Å². The number of carbonyl (C=O) groups excluding carboxylic acids is 1. The summed E-state index contributed by atoms with van der Waals surface area (Å²) in [4.78, 5) is 12.8. The highest BCUT2D eigenvalue weighted by molar-refractivity contribution is 7.91. The smallest absolute Gasteiger partial charge is 0.290 e. The predicted molar refractivity (Wildman–Crippen MR) is 208 cm³/mol. The third-order valence-electron chi connectivity index (χ3n) is 11.0. The third-order valence-corrected chi connectivity index (χ3v) is 13.9. The Morgan fingerprint density at radius 2 is 1.57 bits per heavy atom. The zero-order valence-electron chi connectivity index (χ0n) is 31.8. The van der Waals surface area contributed by atoms with Gasteiger partial charge in [-0.05, 0) is 50.7 Å². The molecule has 3 unspecified atom stereocenters. The molecule has 4 aromatic heterocycles. The summed E-state index contributed by atoms with van der Waals surface area (Å²) in [5.74, 6) is -0.0421. The van der Waals surface area contributed by atoms with Crippen molar-refractivity contribution < 1.29 is 35.8 Å². The van der Waals surface area contributed by atoms with Crippen molar-refractivity contribution in [1.29, 1.82) is 0 Å². The lowest BCUT2D eigenvalue weighted by atomic mass is 9.86. The van der Waals surface area contributed by atoms with E-state index >= 15 is 0 Å². The number of aliphatic hydroxyl groups excluding tert-OH is 1. The molecule has 3 N–H and O–H groups in total. The number of aliphatic hydroxyl groups is 1. The highest BCUT2D eigenvalue weighted by Gasteiger charge is 2.37. The fourth-order valence-corrected chi connectivity index (χ4v) is 8.95. The van der Waals surface area contributed by atoms with Crippen LogP contribution in [0.25, 0.3) is 22.5 Å². The molecule has 1 amide bonds. The molecule has 2 saturated carbocycles. The summed E-state index contributed by atoms with van der Waals surface area (Å²) >= 11 is 0. The molecule has 20 heteroatoms. The van der Waals surface area contributed by atoms with Gasteiger partial charge in [0.05, 0.1) is 30.2 Å². The van der Waals surface area contributed by atoms with Gasteiger partial charge in [0.15, 0.2) is 31.7 Å². The molecule has 2 aliphatic carbocycles. The predicted octanol–water partition coefficient (Wildman–Crippen LogP) is 3.73. The quantitative estimate of drug-likeness (QED) is 0.125. The van der Waals surface area contributed by atoms with Gasteiger partial charge in [0, 0.05) is 47.9 Å². The number of aromatic nitrogens is 8. The molecule has 0 bridgehead atoms. The molecule has 6 aromatic rings. The summed E-state index contributed by atoms with van der Waals surface area (Å²) in [7, 11) is -6.94. The second kappa shape index (κ2) is 15.6. The first-order chi connectivity index (χ1) is 27.7. The number of sulfone groups is 2. The number of nitrogens with zero attached hydrogens (tertiary/aromatic N) is 8. The van der Waals surface area contributed by atoms with Crippen LogP contribution in [-0.4, -0.2) is 92.7 Å². The number of benzene rings is 2. The van der Waals surface area contributed by atoms with Gasteiger partial charge in [0.2, 0.25) is 5.76 Å². The molecule has 18 nitrogen and oxygen atoms in total. The monoisotopic (exact) mass is 830 g/mol. The van der Waals surface area contributed by atoms with Crippen molar-refractivity contribution in [3.05, 3.63) is 108 Å². The minimum absolute atomic E-state index is 0.0639. The minimum atomic E-state index is -3.62. The molecule has 2 fully saturated rings. The maximum absolute atomic E-state index is 13.1. The van der Waals surface area contributed by atoms with Crippen LogP contribution < -0.4 is 10.6 Å². The number of rotatable bonds is 15. The highest BCUT2D eigenvalue weighted by atomic mass is 32.2. The Balaban J connectivity index is 0.855. The van der Waals surface area contributed by atoms with Crippen LogP contribution in [0, 0.1) is 0 Å². The Morgan fingerprint density at radius 3 is 2.31 bits per heavy atom. The lowest BCUT2D eigenvalue weighted by Crippen LogP contribution is -2.45. The van der Waals surface area contributed by atoms with Crippen LogP contribution in [0.5, 0.6) is 0 Å². The Kier molecular flexibility index (Phi) is 10.6. The van der Waals surface area contributed by atoms with Crippen molar-refractivity contribution >= 4 is 25.6 Å². The van der Waals surface area contributed by atoms with Crippen LogP contribution in [0.2, 0.25) is 0 Å². The first-order valence-corrected chi connectivity index (χ1v) is 22.6. The zero-order chi connectivity index (χ0) is 40.8. The van der Waals surface area contributed by atoms with Crippen molar-refractivity contribution in [2.75, 3.05) is 12.5 Å². The average molecular weight is 831 g/mol. The van der Waals surface area contributed by atoms with Gasteiger partial charge in [-0.1, -0.05) is 69.3 Å². The van der Waals surface area contributed by atoms with E-state index in [0.29, 0.717) is 54.0 Å². The molecule has 0 aliphatic heterocycles. The highest BCUT2D eigenvalue weighted by Crippen LogP contribution is 2.37. The minimum Gasteiger partial charge on any atom is -0.371 e. The van der Waals surface area contributed by atoms with Crippen LogP contribution in [0.1, 0.15) is 94.7 Å². The molecule has 3 atom stereocenters. The van der Waals surface area contributed by atoms with E-state index in [1.54, 1.807) is 40.7 Å². The van der Waals surface area contributed by atoms with Gasteiger partial charge in [-0.2, -0.15) is 0 Å². The van der Waals surface area contributed by atoms with E-state index in [2.05, 4.69) is 41.6 Å². The molecule has 0 saturated heterocycles. The van der Waals surface area contributed by atoms with Crippen molar-refractivity contribution in [3.63, 3.8) is 0 Å². The largest absolute Gasteiger partial charge is 0.371 e. The summed E-state index contributed by atoms with van der Waals surface area (Å²) < 4.78 is 64.4. The molecule has 0 spiro atoms. The number of amides is 1. The van der Waals surface area contributed by atoms with E-state index in [1.807, 2.05) is 48.5 Å².